The lowest BCUT2D eigenvalue weighted by atomic mass is 9.95. The van der Waals surface area contributed by atoms with Crippen molar-refractivity contribution >= 4 is 27.3 Å². The Labute approximate surface area is 121 Å². The van der Waals surface area contributed by atoms with Crippen molar-refractivity contribution < 1.29 is 0 Å². The predicted octanol–water partition coefficient (Wildman–Crippen LogP) is 3.93. The van der Waals surface area contributed by atoms with E-state index in [4.69, 9.17) is 0 Å². The largest absolute Gasteiger partial charge is 0.316 e. The molecule has 0 amide bonds. The van der Waals surface area contributed by atoms with Crippen LogP contribution in [-0.2, 0) is 6.42 Å². The third-order valence-electron chi connectivity index (χ3n) is 5.67. The molecule has 1 heterocycles. The van der Waals surface area contributed by atoms with Crippen LogP contribution in [0.15, 0.2) is 15.9 Å². The van der Waals surface area contributed by atoms with Gasteiger partial charge in [-0.1, -0.05) is 0 Å². The number of hydrogen-bond acceptors (Lipinski definition) is 2. The lowest BCUT2D eigenvalue weighted by molar-refractivity contribution is 0.378. The molecule has 5 unspecified atom stereocenters. The number of likely N-dealkylation sites (N-methyl/N-ethyl adjacent to an activating group) is 1. The highest BCUT2D eigenvalue weighted by Gasteiger charge is 2.66. The molecule has 1 aromatic heterocycles. The highest BCUT2D eigenvalue weighted by Crippen LogP contribution is 2.70. The Kier molecular flexibility index (Phi) is 2.86. The van der Waals surface area contributed by atoms with E-state index >= 15 is 0 Å². The lowest BCUT2D eigenvalue weighted by Crippen LogP contribution is -2.32. The van der Waals surface area contributed by atoms with Crippen LogP contribution in [0.5, 0.6) is 0 Å². The molecule has 1 aromatic rings. The van der Waals surface area contributed by atoms with Crippen LogP contribution < -0.4 is 5.32 Å². The Hall–Kier alpha value is 0.140. The third kappa shape index (κ3) is 1.74. The van der Waals surface area contributed by atoms with Crippen LogP contribution in [0.4, 0.5) is 0 Å². The SMILES string of the molecule is CNC(Cc1cc(Br)cs1)C1C2C3CCC(C3)C21. The monoisotopic (exact) mass is 325 g/mol. The molecule has 0 aliphatic heterocycles. The minimum Gasteiger partial charge on any atom is -0.316 e. The zero-order valence-electron chi connectivity index (χ0n) is 10.7. The minimum absolute atomic E-state index is 0.717. The average Bonchev–Trinajstić information content (AvgIpc) is 2.71. The Morgan fingerprint density at radius 1 is 1.39 bits per heavy atom. The van der Waals surface area contributed by atoms with Crippen LogP contribution in [0, 0.1) is 29.6 Å². The fourth-order valence-electron chi connectivity index (χ4n) is 5.04. The molecule has 98 valence electrons. The van der Waals surface area contributed by atoms with Gasteiger partial charge >= 0.3 is 0 Å². The van der Waals surface area contributed by atoms with E-state index in [1.54, 1.807) is 6.42 Å². The summed E-state index contributed by atoms with van der Waals surface area (Å²) in [5.74, 6) is 5.35. The normalized spacial score (nSPS) is 42.0. The summed E-state index contributed by atoms with van der Waals surface area (Å²) >= 11 is 5.46. The van der Waals surface area contributed by atoms with E-state index in [1.165, 1.54) is 28.6 Å². The molecule has 5 atom stereocenters. The molecule has 3 fully saturated rings. The summed E-state index contributed by atoms with van der Waals surface area (Å²) < 4.78 is 1.24. The first-order chi connectivity index (χ1) is 8.78. The van der Waals surface area contributed by atoms with E-state index in [0.717, 1.165) is 29.6 Å². The molecule has 0 aromatic carbocycles. The van der Waals surface area contributed by atoms with Gasteiger partial charge in [0.25, 0.3) is 0 Å². The Bertz CT molecular complexity index is 441. The van der Waals surface area contributed by atoms with E-state index in [2.05, 4.69) is 39.7 Å². The summed E-state index contributed by atoms with van der Waals surface area (Å²) in [4.78, 5) is 1.53. The van der Waals surface area contributed by atoms with Gasteiger partial charge < -0.3 is 5.32 Å². The fraction of sp³-hybridized carbons (Fsp3) is 0.733. The summed E-state index contributed by atoms with van der Waals surface area (Å²) in [5, 5.41) is 5.82. The van der Waals surface area contributed by atoms with Crippen molar-refractivity contribution in [2.75, 3.05) is 7.05 Å². The summed E-state index contributed by atoms with van der Waals surface area (Å²) in [6.45, 7) is 0. The summed E-state index contributed by atoms with van der Waals surface area (Å²) in [6, 6.07) is 3.01. The van der Waals surface area contributed by atoms with E-state index in [1.807, 2.05) is 11.3 Å². The zero-order chi connectivity index (χ0) is 12.3. The smallest absolute Gasteiger partial charge is 0.0285 e. The standard InChI is InChI=1S/C15H20BrNS/c1-17-12(6-11-5-10(16)7-18-11)15-13-8-2-3-9(4-8)14(13)15/h5,7-9,12-15,17H,2-4,6H2,1H3. The van der Waals surface area contributed by atoms with Crippen molar-refractivity contribution in [1.82, 2.24) is 5.32 Å². The maximum absolute atomic E-state index is 3.61. The maximum Gasteiger partial charge on any atom is 0.0285 e. The van der Waals surface area contributed by atoms with Gasteiger partial charge in [0.05, 0.1) is 0 Å². The Balaban J connectivity index is 1.47. The molecule has 3 saturated carbocycles. The number of hydrogen-bond donors (Lipinski definition) is 1. The molecule has 0 saturated heterocycles. The number of thiophene rings is 1. The molecule has 0 spiro atoms. The number of nitrogens with one attached hydrogen (secondary N) is 1. The van der Waals surface area contributed by atoms with Gasteiger partial charge in [-0.25, -0.2) is 0 Å². The number of halogens is 1. The molecular formula is C15H20BrNS. The van der Waals surface area contributed by atoms with Gasteiger partial charge in [0, 0.05) is 20.8 Å². The Morgan fingerprint density at radius 2 is 2.11 bits per heavy atom. The molecule has 18 heavy (non-hydrogen) atoms. The first-order valence-electron chi connectivity index (χ1n) is 7.18. The topological polar surface area (TPSA) is 12.0 Å². The first-order valence-corrected chi connectivity index (χ1v) is 8.85. The fourth-order valence-corrected chi connectivity index (χ4v) is 6.55. The first kappa shape index (κ1) is 11.9. The van der Waals surface area contributed by atoms with Crippen molar-refractivity contribution in [1.29, 1.82) is 0 Å². The van der Waals surface area contributed by atoms with E-state index in [-0.39, 0.29) is 0 Å². The highest BCUT2D eigenvalue weighted by molar-refractivity contribution is 9.10. The van der Waals surface area contributed by atoms with Crippen LogP contribution in [-0.4, -0.2) is 13.1 Å². The van der Waals surface area contributed by atoms with Crippen molar-refractivity contribution in [3.63, 3.8) is 0 Å². The zero-order valence-corrected chi connectivity index (χ0v) is 13.1. The molecule has 1 N–H and O–H groups in total. The van der Waals surface area contributed by atoms with Crippen molar-refractivity contribution in [2.45, 2.75) is 31.7 Å². The highest BCUT2D eigenvalue weighted by atomic mass is 79.9. The van der Waals surface area contributed by atoms with E-state index in [0.29, 0.717) is 6.04 Å². The Morgan fingerprint density at radius 3 is 2.67 bits per heavy atom. The van der Waals surface area contributed by atoms with Gasteiger partial charge in [-0.05, 0) is 84.3 Å². The third-order valence-corrected chi connectivity index (χ3v) is 7.39. The predicted molar refractivity (Wildman–Crippen MR) is 79.9 cm³/mol. The summed E-state index contributed by atoms with van der Waals surface area (Å²) in [7, 11) is 2.16. The average molecular weight is 326 g/mol. The van der Waals surface area contributed by atoms with E-state index < -0.39 is 0 Å². The molecule has 4 rings (SSSR count). The quantitative estimate of drug-likeness (QED) is 0.884. The molecule has 2 bridgehead atoms. The second-order valence-electron chi connectivity index (χ2n) is 6.40. The van der Waals surface area contributed by atoms with E-state index in [9.17, 15) is 0 Å². The molecule has 3 aliphatic rings. The number of fused-ring (bicyclic) bond motifs is 5. The van der Waals surface area contributed by atoms with Crippen LogP contribution in [0.25, 0.3) is 0 Å². The second-order valence-corrected chi connectivity index (χ2v) is 8.31. The van der Waals surface area contributed by atoms with Gasteiger partial charge in [-0.2, -0.15) is 0 Å². The summed E-state index contributed by atoms with van der Waals surface area (Å²) in [6.07, 6.45) is 5.85. The van der Waals surface area contributed by atoms with Crippen LogP contribution in [0.2, 0.25) is 0 Å². The van der Waals surface area contributed by atoms with Gasteiger partial charge in [0.2, 0.25) is 0 Å². The maximum atomic E-state index is 3.61. The summed E-state index contributed by atoms with van der Waals surface area (Å²) in [5.41, 5.74) is 0. The van der Waals surface area contributed by atoms with Crippen LogP contribution in [0.1, 0.15) is 24.1 Å². The van der Waals surface area contributed by atoms with Crippen LogP contribution in [0.3, 0.4) is 0 Å². The molecule has 3 aliphatic carbocycles. The number of rotatable bonds is 4. The van der Waals surface area contributed by atoms with Gasteiger partial charge in [-0.3, -0.25) is 0 Å². The van der Waals surface area contributed by atoms with Gasteiger partial charge in [0.15, 0.2) is 0 Å². The van der Waals surface area contributed by atoms with Crippen molar-refractivity contribution in [3.05, 3.63) is 20.8 Å². The second kappa shape index (κ2) is 4.32. The minimum atomic E-state index is 0.717. The van der Waals surface area contributed by atoms with Gasteiger partial charge in [-0.15, -0.1) is 11.3 Å². The van der Waals surface area contributed by atoms with Crippen molar-refractivity contribution in [2.24, 2.45) is 29.6 Å². The van der Waals surface area contributed by atoms with Crippen molar-refractivity contribution in [3.8, 4) is 0 Å². The molecule has 3 heteroatoms. The van der Waals surface area contributed by atoms with Crippen LogP contribution >= 0.6 is 27.3 Å². The molecular weight excluding hydrogens is 306 g/mol. The lowest BCUT2D eigenvalue weighted by Gasteiger charge is -2.19. The molecule has 0 radical (unpaired) electrons. The molecule has 1 nitrogen and oxygen atoms in total. The van der Waals surface area contributed by atoms with Gasteiger partial charge in [0.1, 0.15) is 0 Å².